The van der Waals surface area contributed by atoms with E-state index in [4.69, 9.17) is 32.7 Å². The van der Waals surface area contributed by atoms with Crippen LogP contribution in [0, 0.1) is 5.92 Å². The summed E-state index contributed by atoms with van der Waals surface area (Å²) in [5.41, 5.74) is 0.515. The van der Waals surface area contributed by atoms with Gasteiger partial charge in [-0.15, -0.1) is 0 Å². The van der Waals surface area contributed by atoms with Crippen LogP contribution in [0.5, 0.6) is 5.75 Å². The molecule has 5 nitrogen and oxygen atoms in total. The van der Waals surface area contributed by atoms with E-state index in [1.807, 2.05) is 0 Å². The molecule has 20 heavy (non-hydrogen) atoms. The van der Waals surface area contributed by atoms with Gasteiger partial charge in [0, 0.05) is 24.8 Å². The van der Waals surface area contributed by atoms with Gasteiger partial charge in [-0.05, 0) is 18.6 Å². The highest BCUT2D eigenvalue weighted by atomic mass is 35.5. The number of anilines is 1. The summed E-state index contributed by atoms with van der Waals surface area (Å²) < 4.78 is 10.3. The molecule has 0 unspecified atom stereocenters. The quantitative estimate of drug-likeness (QED) is 0.896. The fourth-order valence-electron chi connectivity index (χ4n) is 1.98. The standard InChI is InChI=1S/C13H16Cl2N2O3/c1-19-12-10(14)4-9(5-11(12)15)17-13(18)16-6-8-2-3-20-7-8/h4-5,8H,2-3,6-7H2,1H3,(H2,16,17,18)/t8-/m0/s1. The number of benzene rings is 1. The van der Waals surface area contributed by atoms with E-state index in [1.54, 1.807) is 12.1 Å². The van der Waals surface area contributed by atoms with Gasteiger partial charge in [0.15, 0.2) is 5.75 Å². The van der Waals surface area contributed by atoms with Gasteiger partial charge in [-0.1, -0.05) is 23.2 Å². The number of carbonyl (C=O) groups is 1. The Kier molecular flexibility index (Phi) is 5.34. The van der Waals surface area contributed by atoms with Gasteiger partial charge >= 0.3 is 6.03 Å². The lowest BCUT2D eigenvalue weighted by atomic mass is 10.1. The van der Waals surface area contributed by atoms with Crippen molar-refractivity contribution in [1.82, 2.24) is 5.32 Å². The van der Waals surface area contributed by atoms with Crippen molar-refractivity contribution >= 4 is 34.9 Å². The molecule has 0 aliphatic carbocycles. The zero-order valence-electron chi connectivity index (χ0n) is 11.0. The van der Waals surface area contributed by atoms with Gasteiger partial charge < -0.3 is 20.1 Å². The van der Waals surface area contributed by atoms with Crippen molar-refractivity contribution in [2.24, 2.45) is 5.92 Å². The lowest BCUT2D eigenvalue weighted by Gasteiger charge is -2.12. The molecule has 2 amide bonds. The molecular weight excluding hydrogens is 303 g/mol. The number of carbonyl (C=O) groups excluding carboxylic acids is 1. The van der Waals surface area contributed by atoms with Gasteiger partial charge in [-0.3, -0.25) is 0 Å². The van der Waals surface area contributed by atoms with Crippen LogP contribution in [-0.2, 0) is 4.74 Å². The first-order valence-corrected chi connectivity index (χ1v) is 7.01. The lowest BCUT2D eigenvalue weighted by molar-refractivity contribution is 0.185. The number of ether oxygens (including phenoxy) is 2. The van der Waals surface area contributed by atoms with Crippen LogP contribution in [0.1, 0.15) is 6.42 Å². The molecule has 0 saturated carbocycles. The van der Waals surface area contributed by atoms with E-state index in [1.165, 1.54) is 7.11 Å². The Balaban J connectivity index is 1.90. The van der Waals surface area contributed by atoms with Gasteiger partial charge in [-0.25, -0.2) is 4.79 Å². The Morgan fingerprint density at radius 3 is 2.70 bits per heavy atom. The number of amides is 2. The van der Waals surface area contributed by atoms with E-state index >= 15 is 0 Å². The largest absolute Gasteiger partial charge is 0.494 e. The second kappa shape index (κ2) is 7.02. The molecule has 0 radical (unpaired) electrons. The SMILES string of the molecule is COc1c(Cl)cc(NC(=O)NC[C@@H]2CCOC2)cc1Cl. The van der Waals surface area contributed by atoms with Crippen molar-refractivity contribution in [2.45, 2.75) is 6.42 Å². The third-order valence-corrected chi connectivity index (χ3v) is 3.60. The molecule has 110 valence electrons. The van der Waals surface area contributed by atoms with E-state index in [9.17, 15) is 4.79 Å². The summed E-state index contributed by atoms with van der Waals surface area (Å²) in [5, 5.41) is 6.17. The summed E-state index contributed by atoms with van der Waals surface area (Å²) in [5.74, 6) is 0.770. The third-order valence-electron chi connectivity index (χ3n) is 3.04. The normalized spacial score (nSPS) is 17.9. The molecule has 1 aromatic carbocycles. The third kappa shape index (κ3) is 3.91. The van der Waals surface area contributed by atoms with Crippen molar-refractivity contribution in [1.29, 1.82) is 0 Å². The molecule has 0 bridgehead atoms. The average molecular weight is 319 g/mol. The highest BCUT2D eigenvalue weighted by Gasteiger charge is 2.16. The number of methoxy groups -OCH3 is 1. The predicted molar refractivity (Wildman–Crippen MR) is 79.0 cm³/mol. The van der Waals surface area contributed by atoms with E-state index in [-0.39, 0.29) is 6.03 Å². The highest BCUT2D eigenvalue weighted by molar-refractivity contribution is 6.37. The number of halogens is 2. The second-order valence-electron chi connectivity index (χ2n) is 4.54. The molecule has 0 spiro atoms. The first-order valence-electron chi connectivity index (χ1n) is 6.25. The van der Waals surface area contributed by atoms with Crippen molar-refractivity contribution in [3.8, 4) is 5.75 Å². The summed E-state index contributed by atoms with van der Waals surface area (Å²) in [4.78, 5) is 11.8. The predicted octanol–water partition coefficient (Wildman–Crippen LogP) is 3.16. The van der Waals surface area contributed by atoms with E-state index in [0.29, 0.717) is 40.6 Å². The molecular formula is C13H16Cl2N2O3. The molecule has 1 aliphatic heterocycles. The maximum absolute atomic E-state index is 11.8. The Morgan fingerprint density at radius 2 is 2.15 bits per heavy atom. The minimum absolute atomic E-state index is 0.297. The summed E-state index contributed by atoms with van der Waals surface area (Å²) in [6, 6.07) is 2.88. The van der Waals surface area contributed by atoms with Crippen LogP contribution >= 0.6 is 23.2 Å². The zero-order valence-corrected chi connectivity index (χ0v) is 12.6. The maximum Gasteiger partial charge on any atom is 0.319 e. The van der Waals surface area contributed by atoms with E-state index < -0.39 is 0 Å². The Bertz CT molecular complexity index is 467. The van der Waals surface area contributed by atoms with Crippen molar-refractivity contribution in [3.63, 3.8) is 0 Å². The van der Waals surface area contributed by atoms with E-state index in [0.717, 1.165) is 13.0 Å². The minimum atomic E-state index is -0.297. The van der Waals surface area contributed by atoms with Gasteiger partial charge in [0.25, 0.3) is 0 Å². The Morgan fingerprint density at radius 1 is 1.45 bits per heavy atom. The smallest absolute Gasteiger partial charge is 0.319 e. The molecule has 1 aromatic rings. The molecule has 2 rings (SSSR count). The summed E-state index contributed by atoms with van der Waals surface area (Å²) >= 11 is 12.0. The van der Waals surface area contributed by atoms with Crippen LogP contribution in [0.25, 0.3) is 0 Å². The first kappa shape index (κ1) is 15.2. The monoisotopic (exact) mass is 318 g/mol. The Hall–Kier alpha value is -1.17. The fraction of sp³-hybridized carbons (Fsp3) is 0.462. The van der Waals surface area contributed by atoms with Crippen molar-refractivity contribution in [3.05, 3.63) is 22.2 Å². The molecule has 1 heterocycles. The van der Waals surface area contributed by atoms with Crippen LogP contribution in [0.15, 0.2) is 12.1 Å². The van der Waals surface area contributed by atoms with Crippen LogP contribution in [0.4, 0.5) is 10.5 Å². The first-order chi connectivity index (χ1) is 9.60. The molecule has 1 fully saturated rings. The maximum atomic E-state index is 11.8. The topological polar surface area (TPSA) is 59.6 Å². The number of urea groups is 1. The van der Waals surface area contributed by atoms with Crippen LogP contribution in [-0.4, -0.2) is 32.9 Å². The van der Waals surface area contributed by atoms with Crippen LogP contribution in [0.3, 0.4) is 0 Å². The highest BCUT2D eigenvalue weighted by Crippen LogP contribution is 2.35. The average Bonchev–Trinajstić information content (AvgIpc) is 2.89. The number of hydrogen-bond acceptors (Lipinski definition) is 3. The van der Waals surface area contributed by atoms with Crippen molar-refractivity contribution < 1.29 is 14.3 Å². The molecule has 1 atom stereocenters. The van der Waals surface area contributed by atoms with E-state index in [2.05, 4.69) is 10.6 Å². The molecule has 1 saturated heterocycles. The zero-order chi connectivity index (χ0) is 14.5. The summed E-state index contributed by atoms with van der Waals surface area (Å²) in [7, 11) is 1.48. The van der Waals surface area contributed by atoms with Gasteiger partial charge in [0.2, 0.25) is 0 Å². The minimum Gasteiger partial charge on any atom is -0.494 e. The van der Waals surface area contributed by atoms with Gasteiger partial charge in [0.1, 0.15) is 0 Å². The molecule has 0 aromatic heterocycles. The Labute approximate surface area is 127 Å². The molecule has 7 heteroatoms. The van der Waals surface area contributed by atoms with Gasteiger partial charge in [-0.2, -0.15) is 0 Å². The second-order valence-corrected chi connectivity index (χ2v) is 5.35. The molecule has 2 N–H and O–H groups in total. The fourth-order valence-corrected chi connectivity index (χ4v) is 2.63. The van der Waals surface area contributed by atoms with Crippen molar-refractivity contribution in [2.75, 3.05) is 32.2 Å². The number of hydrogen-bond donors (Lipinski definition) is 2. The summed E-state index contributed by atoms with van der Waals surface area (Å²) in [6.45, 7) is 2.04. The van der Waals surface area contributed by atoms with Gasteiger partial charge in [0.05, 0.1) is 23.8 Å². The number of rotatable bonds is 4. The van der Waals surface area contributed by atoms with Crippen LogP contribution in [0.2, 0.25) is 10.0 Å². The lowest BCUT2D eigenvalue weighted by Crippen LogP contribution is -2.33. The molecule has 1 aliphatic rings. The number of nitrogens with one attached hydrogen (secondary N) is 2. The summed E-state index contributed by atoms with van der Waals surface area (Å²) in [6.07, 6.45) is 0.973. The van der Waals surface area contributed by atoms with Crippen LogP contribution < -0.4 is 15.4 Å².